The predicted molar refractivity (Wildman–Crippen MR) is 92.7 cm³/mol. The Morgan fingerprint density at radius 1 is 1.12 bits per heavy atom. The summed E-state index contributed by atoms with van der Waals surface area (Å²) in [5.74, 6) is 0.585. The van der Waals surface area contributed by atoms with Crippen LogP contribution in [0, 0.1) is 0 Å². The van der Waals surface area contributed by atoms with E-state index >= 15 is 0 Å². The normalized spacial score (nSPS) is 11.5. The SMILES string of the molecule is CCOc1ccc(CN(C)S(=O)(=O)c2cccc(C(C)=O)c2)cc1. The Bertz CT molecular complexity index is 813. The Labute approximate surface area is 142 Å². The Hall–Kier alpha value is -2.18. The third kappa shape index (κ3) is 4.21. The minimum Gasteiger partial charge on any atom is -0.494 e. The van der Waals surface area contributed by atoms with Crippen LogP contribution in [0.25, 0.3) is 0 Å². The number of carbonyl (C=O) groups is 1. The average molecular weight is 347 g/mol. The number of hydrogen-bond donors (Lipinski definition) is 0. The third-order valence-corrected chi connectivity index (χ3v) is 5.39. The summed E-state index contributed by atoms with van der Waals surface area (Å²) in [6.45, 7) is 4.14. The highest BCUT2D eigenvalue weighted by Crippen LogP contribution is 2.19. The number of carbonyl (C=O) groups excluding carboxylic acids is 1. The molecule has 0 saturated carbocycles. The van der Waals surface area contributed by atoms with Gasteiger partial charge in [0.2, 0.25) is 10.0 Å². The summed E-state index contributed by atoms with van der Waals surface area (Å²) in [6, 6.07) is 13.4. The van der Waals surface area contributed by atoms with Gasteiger partial charge in [-0.25, -0.2) is 8.42 Å². The summed E-state index contributed by atoms with van der Waals surface area (Å²) in [5, 5.41) is 0. The molecule has 6 heteroatoms. The van der Waals surface area contributed by atoms with Crippen LogP contribution in [-0.2, 0) is 16.6 Å². The van der Waals surface area contributed by atoms with Gasteiger partial charge in [0.15, 0.2) is 5.78 Å². The molecular weight excluding hydrogens is 326 g/mol. The molecule has 2 aromatic carbocycles. The monoisotopic (exact) mass is 347 g/mol. The second kappa shape index (κ2) is 7.59. The van der Waals surface area contributed by atoms with Crippen LogP contribution >= 0.6 is 0 Å². The lowest BCUT2D eigenvalue weighted by Gasteiger charge is -2.18. The molecule has 128 valence electrons. The summed E-state index contributed by atoms with van der Waals surface area (Å²) >= 11 is 0. The van der Waals surface area contributed by atoms with Crippen LogP contribution in [0.5, 0.6) is 5.75 Å². The molecule has 0 N–H and O–H groups in total. The smallest absolute Gasteiger partial charge is 0.243 e. The van der Waals surface area contributed by atoms with Crippen LogP contribution in [0.4, 0.5) is 0 Å². The van der Waals surface area contributed by atoms with E-state index in [1.807, 2.05) is 31.2 Å². The van der Waals surface area contributed by atoms with Crippen LogP contribution < -0.4 is 4.74 Å². The van der Waals surface area contributed by atoms with Crippen LogP contribution in [0.2, 0.25) is 0 Å². The first-order valence-corrected chi connectivity index (χ1v) is 9.07. The van der Waals surface area contributed by atoms with Gasteiger partial charge in [0.1, 0.15) is 5.75 Å². The number of rotatable bonds is 7. The molecular formula is C18H21NO4S. The molecule has 0 saturated heterocycles. The largest absolute Gasteiger partial charge is 0.494 e. The van der Waals surface area contributed by atoms with Crippen molar-refractivity contribution in [2.24, 2.45) is 0 Å². The highest BCUT2D eigenvalue weighted by Gasteiger charge is 2.21. The Kier molecular flexibility index (Phi) is 5.75. The van der Waals surface area contributed by atoms with Crippen LogP contribution in [-0.4, -0.2) is 32.2 Å². The van der Waals surface area contributed by atoms with Gasteiger partial charge in [-0.3, -0.25) is 4.79 Å². The first kappa shape index (κ1) is 18.2. The number of benzene rings is 2. The average Bonchev–Trinajstić information content (AvgIpc) is 2.57. The summed E-state index contributed by atoms with van der Waals surface area (Å²) in [5.41, 5.74) is 1.23. The van der Waals surface area contributed by atoms with E-state index < -0.39 is 10.0 Å². The van der Waals surface area contributed by atoms with E-state index in [4.69, 9.17) is 4.74 Å². The zero-order valence-corrected chi connectivity index (χ0v) is 14.8. The number of nitrogens with zero attached hydrogens (tertiary/aromatic N) is 1. The summed E-state index contributed by atoms with van der Waals surface area (Å²) < 4.78 is 32.0. The molecule has 0 aliphatic rings. The molecule has 0 aliphatic heterocycles. The molecule has 0 bridgehead atoms. The third-order valence-electron chi connectivity index (χ3n) is 3.59. The van der Waals surface area contributed by atoms with Gasteiger partial charge < -0.3 is 4.74 Å². The van der Waals surface area contributed by atoms with Crippen molar-refractivity contribution >= 4 is 15.8 Å². The zero-order valence-electron chi connectivity index (χ0n) is 14.0. The standard InChI is InChI=1S/C18H21NO4S/c1-4-23-17-10-8-15(9-11-17)13-19(3)24(21,22)18-7-5-6-16(12-18)14(2)20/h5-12H,4,13H2,1-3H3. The van der Waals surface area contributed by atoms with Crippen molar-refractivity contribution in [2.45, 2.75) is 25.3 Å². The second-order valence-corrected chi connectivity index (χ2v) is 7.47. The highest BCUT2D eigenvalue weighted by molar-refractivity contribution is 7.89. The van der Waals surface area contributed by atoms with Gasteiger partial charge >= 0.3 is 0 Å². The number of hydrogen-bond acceptors (Lipinski definition) is 4. The van der Waals surface area contributed by atoms with E-state index in [1.165, 1.54) is 30.4 Å². The Morgan fingerprint density at radius 3 is 2.38 bits per heavy atom. The lowest BCUT2D eigenvalue weighted by atomic mass is 10.2. The van der Waals surface area contributed by atoms with Gasteiger partial charge in [0.25, 0.3) is 0 Å². The molecule has 5 nitrogen and oxygen atoms in total. The molecule has 24 heavy (non-hydrogen) atoms. The molecule has 0 atom stereocenters. The first-order valence-electron chi connectivity index (χ1n) is 7.63. The zero-order chi connectivity index (χ0) is 17.7. The minimum atomic E-state index is -3.66. The van der Waals surface area contributed by atoms with Gasteiger partial charge in [-0.05, 0) is 43.7 Å². The maximum absolute atomic E-state index is 12.7. The molecule has 0 heterocycles. The second-order valence-electron chi connectivity index (χ2n) is 5.42. The van der Waals surface area contributed by atoms with Crippen molar-refractivity contribution in [3.63, 3.8) is 0 Å². The molecule has 2 aromatic rings. The molecule has 0 radical (unpaired) electrons. The van der Waals surface area contributed by atoms with Gasteiger partial charge in [0.05, 0.1) is 11.5 Å². The Morgan fingerprint density at radius 2 is 1.79 bits per heavy atom. The topological polar surface area (TPSA) is 63.7 Å². The molecule has 0 fully saturated rings. The highest BCUT2D eigenvalue weighted by atomic mass is 32.2. The number of ketones is 1. The van der Waals surface area contributed by atoms with Crippen LogP contribution in [0.15, 0.2) is 53.4 Å². The number of ether oxygens (including phenoxy) is 1. The molecule has 0 aromatic heterocycles. The van der Waals surface area contributed by atoms with Crippen molar-refractivity contribution in [1.29, 1.82) is 0 Å². The molecule has 2 rings (SSSR count). The molecule has 0 spiro atoms. The van der Waals surface area contributed by atoms with E-state index in [0.29, 0.717) is 12.2 Å². The van der Waals surface area contributed by atoms with E-state index in [9.17, 15) is 13.2 Å². The molecule has 0 unspecified atom stereocenters. The fraction of sp³-hybridized carbons (Fsp3) is 0.278. The summed E-state index contributed by atoms with van der Waals surface area (Å²) in [4.78, 5) is 11.6. The minimum absolute atomic E-state index is 0.114. The molecule has 0 aliphatic carbocycles. The fourth-order valence-corrected chi connectivity index (χ4v) is 3.46. The van der Waals surface area contributed by atoms with Crippen LogP contribution in [0.3, 0.4) is 0 Å². The lowest BCUT2D eigenvalue weighted by Crippen LogP contribution is -2.26. The number of Topliss-reactive ketones (excluding diaryl/α,β-unsaturated/α-hetero) is 1. The van der Waals surface area contributed by atoms with E-state index in [1.54, 1.807) is 12.1 Å². The fourth-order valence-electron chi connectivity index (χ4n) is 2.26. The van der Waals surface area contributed by atoms with Crippen molar-refractivity contribution in [3.05, 3.63) is 59.7 Å². The summed E-state index contributed by atoms with van der Waals surface area (Å²) in [6.07, 6.45) is 0. The van der Waals surface area contributed by atoms with Crippen LogP contribution in [0.1, 0.15) is 29.8 Å². The number of sulfonamides is 1. The lowest BCUT2D eigenvalue weighted by molar-refractivity contribution is 0.101. The first-order chi connectivity index (χ1) is 11.3. The van der Waals surface area contributed by atoms with Gasteiger partial charge in [-0.1, -0.05) is 24.3 Å². The summed E-state index contributed by atoms with van der Waals surface area (Å²) in [7, 11) is -2.14. The van der Waals surface area contributed by atoms with E-state index in [-0.39, 0.29) is 17.2 Å². The van der Waals surface area contributed by atoms with Crippen molar-refractivity contribution < 1.29 is 17.9 Å². The maximum atomic E-state index is 12.7. The quantitative estimate of drug-likeness (QED) is 0.722. The maximum Gasteiger partial charge on any atom is 0.243 e. The van der Waals surface area contributed by atoms with E-state index in [2.05, 4.69) is 0 Å². The van der Waals surface area contributed by atoms with Crippen molar-refractivity contribution in [1.82, 2.24) is 4.31 Å². The molecule has 0 amide bonds. The van der Waals surface area contributed by atoms with Crippen molar-refractivity contribution in [2.75, 3.05) is 13.7 Å². The predicted octanol–water partition coefficient (Wildman–Crippen LogP) is 3.11. The van der Waals surface area contributed by atoms with E-state index in [0.717, 1.165) is 11.3 Å². The van der Waals surface area contributed by atoms with Gasteiger partial charge in [0, 0.05) is 19.2 Å². The van der Waals surface area contributed by atoms with Gasteiger partial charge in [-0.15, -0.1) is 0 Å². The Balaban J connectivity index is 2.19. The van der Waals surface area contributed by atoms with Gasteiger partial charge in [-0.2, -0.15) is 4.31 Å². The van der Waals surface area contributed by atoms with Crippen molar-refractivity contribution in [3.8, 4) is 5.75 Å².